The minimum atomic E-state index is -4.44. The highest BCUT2D eigenvalue weighted by Crippen LogP contribution is 2.36. The number of hydrogen-bond donors (Lipinski definition) is 2. The van der Waals surface area contributed by atoms with Gasteiger partial charge in [0.05, 0.1) is 11.3 Å². The molecule has 18 heavy (non-hydrogen) atoms. The molecule has 2 aromatic rings. The molecular weight excluding hydrogens is 247 g/mol. The molecular formula is C11H10F3N3O. The fraction of sp³-hybridized carbons (Fsp3) is 0.182. The van der Waals surface area contributed by atoms with E-state index in [0.29, 0.717) is 5.69 Å². The molecule has 0 saturated carbocycles. The van der Waals surface area contributed by atoms with Crippen molar-refractivity contribution in [3.63, 3.8) is 0 Å². The number of benzene rings is 1. The SMILES string of the molecule is Nc1cc(COc2ccccc2C(F)(F)F)[nH]n1. The number of hydrogen-bond acceptors (Lipinski definition) is 3. The summed E-state index contributed by atoms with van der Waals surface area (Å²) in [6.45, 7) is -0.0582. The first-order valence-corrected chi connectivity index (χ1v) is 5.05. The Bertz CT molecular complexity index is 536. The minimum absolute atomic E-state index is 0.0582. The van der Waals surface area contributed by atoms with Crippen LogP contribution in [0.15, 0.2) is 30.3 Å². The highest BCUT2D eigenvalue weighted by Gasteiger charge is 2.33. The summed E-state index contributed by atoms with van der Waals surface area (Å²) in [6.07, 6.45) is -4.44. The Balaban J connectivity index is 2.14. The van der Waals surface area contributed by atoms with Gasteiger partial charge in [0.1, 0.15) is 18.2 Å². The van der Waals surface area contributed by atoms with Gasteiger partial charge in [0.15, 0.2) is 0 Å². The van der Waals surface area contributed by atoms with Crippen molar-refractivity contribution in [2.24, 2.45) is 0 Å². The van der Waals surface area contributed by atoms with E-state index >= 15 is 0 Å². The zero-order valence-electron chi connectivity index (χ0n) is 9.16. The summed E-state index contributed by atoms with van der Waals surface area (Å²) in [6, 6.07) is 6.52. The summed E-state index contributed by atoms with van der Waals surface area (Å²) in [5.74, 6) is 0.0378. The Morgan fingerprint density at radius 1 is 1.28 bits per heavy atom. The van der Waals surface area contributed by atoms with Crippen LogP contribution in [0.1, 0.15) is 11.3 Å². The van der Waals surface area contributed by atoms with Crippen molar-refractivity contribution in [1.82, 2.24) is 10.2 Å². The van der Waals surface area contributed by atoms with Gasteiger partial charge in [-0.15, -0.1) is 0 Å². The van der Waals surface area contributed by atoms with E-state index in [4.69, 9.17) is 10.5 Å². The minimum Gasteiger partial charge on any atom is -0.487 e. The first-order chi connectivity index (χ1) is 8.47. The molecule has 0 aliphatic carbocycles. The number of nitrogen functional groups attached to an aromatic ring is 1. The van der Waals surface area contributed by atoms with Gasteiger partial charge in [-0.3, -0.25) is 5.10 Å². The average Bonchev–Trinajstić information content (AvgIpc) is 2.72. The lowest BCUT2D eigenvalue weighted by Gasteiger charge is -2.12. The summed E-state index contributed by atoms with van der Waals surface area (Å²) < 4.78 is 43.1. The van der Waals surface area contributed by atoms with Crippen LogP contribution in [-0.2, 0) is 12.8 Å². The summed E-state index contributed by atoms with van der Waals surface area (Å²) in [4.78, 5) is 0. The highest BCUT2D eigenvalue weighted by molar-refractivity contribution is 5.36. The molecule has 1 heterocycles. The number of anilines is 1. The molecule has 0 aliphatic rings. The molecule has 0 aliphatic heterocycles. The van der Waals surface area contributed by atoms with Crippen LogP contribution in [-0.4, -0.2) is 10.2 Å². The topological polar surface area (TPSA) is 63.9 Å². The van der Waals surface area contributed by atoms with Crippen molar-refractivity contribution in [2.75, 3.05) is 5.73 Å². The number of nitrogens with two attached hydrogens (primary N) is 1. The number of nitrogens with zero attached hydrogens (tertiary/aromatic N) is 1. The number of ether oxygens (including phenoxy) is 1. The van der Waals surface area contributed by atoms with E-state index < -0.39 is 11.7 Å². The van der Waals surface area contributed by atoms with Crippen LogP contribution in [0.4, 0.5) is 19.0 Å². The maximum absolute atomic E-state index is 12.7. The molecule has 1 aromatic heterocycles. The second kappa shape index (κ2) is 4.59. The predicted molar refractivity (Wildman–Crippen MR) is 58.8 cm³/mol. The van der Waals surface area contributed by atoms with E-state index in [0.717, 1.165) is 6.07 Å². The number of aromatic nitrogens is 2. The average molecular weight is 257 g/mol. The van der Waals surface area contributed by atoms with Gasteiger partial charge in [-0.25, -0.2) is 0 Å². The van der Waals surface area contributed by atoms with Crippen LogP contribution < -0.4 is 10.5 Å². The van der Waals surface area contributed by atoms with Gasteiger partial charge in [-0.05, 0) is 12.1 Å². The maximum atomic E-state index is 12.7. The third kappa shape index (κ3) is 2.73. The lowest BCUT2D eigenvalue weighted by molar-refractivity contribution is -0.139. The molecule has 0 fully saturated rings. The molecule has 3 N–H and O–H groups in total. The van der Waals surface area contributed by atoms with Gasteiger partial charge >= 0.3 is 6.18 Å². The van der Waals surface area contributed by atoms with Crippen molar-refractivity contribution in [1.29, 1.82) is 0 Å². The zero-order chi connectivity index (χ0) is 13.2. The summed E-state index contributed by atoms with van der Waals surface area (Å²) in [5.41, 5.74) is 5.07. The molecule has 0 radical (unpaired) electrons. The van der Waals surface area contributed by atoms with Crippen molar-refractivity contribution in [3.8, 4) is 5.75 Å². The summed E-state index contributed by atoms with van der Waals surface area (Å²) in [5, 5.41) is 6.20. The molecule has 96 valence electrons. The Morgan fingerprint density at radius 3 is 2.61 bits per heavy atom. The number of nitrogens with one attached hydrogen (secondary N) is 1. The predicted octanol–water partition coefficient (Wildman–Crippen LogP) is 2.59. The first kappa shape index (κ1) is 12.3. The number of halogens is 3. The Hall–Kier alpha value is -2.18. The van der Waals surface area contributed by atoms with Crippen LogP contribution in [0.5, 0.6) is 5.75 Å². The fourth-order valence-corrected chi connectivity index (χ4v) is 1.44. The number of alkyl halides is 3. The second-order valence-corrected chi connectivity index (χ2v) is 3.60. The molecule has 2 rings (SSSR count). The molecule has 4 nitrogen and oxygen atoms in total. The second-order valence-electron chi connectivity index (χ2n) is 3.60. The number of aromatic amines is 1. The Labute approximate surface area is 101 Å². The van der Waals surface area contributed by atoms with Crippen LogP contribution in [0, 0.1) is 0 Å². The van der Waals surface area contributed by atoms with E-state index in [1.54, 1.807) is 0 Å². The molecule has 0 amide bonds. The molecule has 0 atom stereocenters. The van der Waals surface area contributed by atoms with E-state index in [2.05, 4.69) is 10.2 Å². The Kier molecular flexibility index (Phi) is 3.14. The van der Waals surface area contributed by atoms with E-state index in [9.17, 15) is 13.2 Å². The van der Waals surface area contributed by atoms with Gasteiger partial charge in [-0.1, -0.05) is 12.1 Å². The lowest BCUT2D eigenvalue weighted by atomic mass is 10.2. The van der Waals surface area contributed by atoms with E-state index in [1.807, 2.05) is 0 Å². The molecule has 0 spiro atoms. The molecule has 0 saturated heterocycles. The first-order valence-electron chi connectivity index (χ1n) is 5.05. The van der Waals surface area contributed by atoms with Crippen molar-refractivity contribution >= 4 is 5.82 Å². The number of H-pyrrole nitrogens is 1. The van der Waals surface area contributed by atoms with Crippen molar-refractivity contribution in [3.05, 3.63) is 41.6 Å². The third-order valence-corrected chi connectivity index (χ3v) is 2.23. The van der Waals surface area contributed by atoms with Crippen LogP contribution in [0.25, 0.3) is 0 Å². The van der Waals surface area contributed by atoms with Crippen LogP contribution in [0.3, 0.4) is 0 Å². The Morgan fingerprint density at radius 2 is 2.00 bits per heavy atom. The molecule has 0 unspecified atom stereocenters. The van der Waals surface area contributed by atoms with Gasteiger partial charge < -0.3 is 10.5 Å². The standard InChI is InChI=1S/C11H10F3N3O/c12-11(13,14)8-3-1-2-4-9(8)18-6-7-5-10(15)17-16-7/h1-5H,6H2,(H3,15,16,17). The molecule has 7 heteroatoms. The maximum Gasteiger partial charge on any atom is 0.419 e. The monoisotopic (exact) mass is 257 g/mol. The van der Waals surface area contributed by atoms with Crippen molar-refractivity contribution < 1.29 is 17.9 Å². The van der Waals surface area contributed by atoms with Gasteiger partial charge in [0.25, 0.3) is 0 Å². The van der Waals surface area contributed by atoms with Crippen molar-refractivity contribution in [2.45, 2.75) is 12.8 Å². The van der Waals surface area contributed by atoms with Crippen LogP contribution >= 0.6 is 0 Å². The van der Waals surface area contributed by atoms with Gasteiger partial charge in [0, 0.05) is 6.07 Å². The van der Waals surface area contributed by atoms with Gasteiger partial charge in [-0.2, -0.15) is 18.3 Å². The lowest BCUT2D eigenvalue weighted by Crippen LogP contribution is -2.08. The molecule has 1 aromatic carbocycles. The number of rotatable bonds is 3. The zero-order valence-corrected chi connectivity index (χ0v) is 9.16. The fourth-order valence-electron chi connectivity index (χ4n) is 1.44. The summed E-state index contributed by atoms with van der Waals surface area (Å²) >= 11 is 0. The quantitative estimate of drug-likeness (QED) is 0.888. The van der Waals surface area contributed by atoms with E-state index in [-0.39, 0.29) is 18.2 Å². The van der Waals surface area contributed by atoms with E-state index in [1.165, 1.54) is 24.3 Å². The summed E-state index contributed by atoms with van der Waals surface area (Å²) in [7, 11) is 0. The molecule has 0 bridgehead atoms. The number of para-hydroxylation sites is 1. The third-order valence-electron chi connectivity index (χ3n) is 2.23. The van der Waals surface area contributed by atoms with Crippen LogP contribution in [0.2, 0.25) is 0 Å². The normalized spacial score (nSPS) is 11.5. The smallest absolute Gasteiger partial charge is 0.419 e. The largest absolute Gasteiger partial charge is 0.487 e. The van der Waals surface area contributed by atoms with Gasteiger partial charge in [0.2, 0.25) is 0 Å². The highest BCUT2D eigenvalue weighted by atomic mass is 19.4.